The number of nitrogens with two attached hydrogens (primary N) is 1. The first-order valence-electron chi connectivity index (χ1n) is 4.50. The number of aryl methyl sites for hydroxylation is 1. The van der Waals surface area contributed by atoms with E-state index in [-0.39, 0.29) is 0 Å². The number of pyridine rings is 1. The van der Waals surface area contributed by atoms with Gasteiger partial charge in [0.2, 0.25) is 0 Å². The molecule has 0 fully saturated rings. The molecule has 2 nitrogen and oxygen atoms in total. The summed E-state index contributed by atoms with van der Waals surface area (Å²) in [5.74, 6) is 0. The molecule has 2 aromatic heterocycles. The van der Waals surface area contributed by atoms with Crippen molar-refractivity contribution in [1.29, 1.82) is 0 Å². The van der Waals surface area contributed by atoms with Crippen LogP contribution in [0.3, 0.4) is 0 Å². The lowest BCUT2D eigenvalue weighted by Gasteiger charge is -2.01. The van der Waals surface area contributed by atoms with Crippen LogP contribution >= 0.6 is 11.3 Å². The molecular weight excluding hydrogens is 192 g/mol. The fraction of sp³-hybridized carbons (Fsp3) is 0.182. The van der Waals surface area contributed by atoms with Crippen molar-refractivity contribution in [3.8, 4) is 11.1 Å². The third-order valence-electron chi connectivity index (χ3n) is 2.15. The van der Waals surface area contributed by atoms with E-state index in [0.717, 1.165) is 11.3 Å². The largest absolute Gasteiger partial charge is 0.326 e. The number of nitrogens with zero attached hydrogens (tertiary/aromatic N) is 1. The predicted molar refractivity (Wildman–Crippen MR) is 60.2 cm³/mol. The summed E-state index contributed by atoms with van der Waals surface area (Å²) in [4.78, 5) is 5.49. The van der Waals surface area contributed by atoms with Crippen molar-refractivity contribution in [3.63, 3.8) is 0 Å². The number of hydrogen-bond donors (Lipinski definition) is 1. The molecule has 2 heterocycles. The minimum Gasteiger partial charge on any atom is -0.326 e. The highest BCUT2D eigenvalue weighted by Gasteiger charge is 2.04. The minimum absolute atomic E-state index is 0.598. The Morgan fingerprint density at radius 2 is 2.21 bits per heavy atom. The van der Waals surface area contributed by atoms with Crippen molar-refractivity contribution in [3.05, 3.63) is 40.3 Å². The van der Waals surface area contributed by atoms with Crippen LogP contribution in [0, 0.1) is 6.92 Å². The molecule has 2 N–H and O–H groups in total. The Labute approximate surface area is 87.4 Å². The SMILES string of the molecule is Cc1ccc(-c2ccsc2CN)cn1. The minimum atomic E-state index is 0.598. The summed E-state index contributed by atoms with van der Waals surface area (Å²) in [7, 11) is 0. The molecule has 0 aromatic carbocycles. The molecule has 0 saturated heterocycles. The molecule has 2 rings (SSSR count). The zero-order valence-corrected chi connectivity index (χ0v) is 8.84. The monoisotopic (exact) mass is 204 g/mol. The first-order chi connectivity index (χ1) is 6.81. The number of thiophene rings is 1. The van der Waals surface area contributed by atoms with Gasteiger partial charge in [0.15, 0.2) is 0 Å². The van der Waals surface area contributed by atoms with Gasteiger partial charge in [0, 0.05) is 28.9 Å². The molecule has 0 saturated carbocycles. The first kappa shape index (κ1) is 9.37. The lowest BCUT2D eigenvalue weighted by atomic mass is 10.1. The van der Waals surface area contributed by atoms with Gasteiger partial charge in [0.05, 0.1) is 0 Å². The standard InChI is InChI=1S/C11H12N2S/c1-8-2-3-9(7-13-8)10-4-5-14-11(10)6-12/h2-5,7H,6,12H2,1H3. The molecule has 72 valence electrons. The Balaban J connectivity index is 2.44. The third kappa shape index (κ3) is 1.69. The van der Waals surface area contributed by atoms with Crippen molar-refractivity contribution in [1.82, 2.24) is 4.98 Å². The molecule has 0 atom stereocenters. The van der Waals surface area contributed by atoms with Gasteiger partial charge in [0.1, 0.15) is 0 Å². The average molecular weight is 204 g/mol. The van der Waals surface area contributed by atoms with Crippen LogP contribution in [0.4, 0.5) is 0 Å². The zero-order chi connectivity index (χ0) is 9.97. The van der Waals surface area contributed by atoms with E-state index in [1.807, 2.05) is 19.2 Å². The van der Waals surface area contributed by atoms with Gasteiger partial charge in [0.25, 0.3) is 0 Å². The fourth-order valence-electron chi connectivity index (χ4n) is 1.38. The normalized spacial score (nSPS) is 10.4. The highest BCUT2D eigenvalue weighted by atomic mass is 32.1. The molecule has 0 aliphatic carbocycles. The van der Waals surface area contributed by atoms with E-state index in [1.165, 1.54) is 10.4 Å². The van der Waals surface area contributed by atoms with Gasteiger partial charge in [-0.25, -0.2) is 0 Å². The van der Waals surface area contributed by atoms with Gasteiger partial charge < -0.3 is 5.73 Å². The van der Waals surface area contributed by atoms with Crippen LogP contribution in [0.5, 0.6) is 0 Å². The Morgan fingerprint density at radius 1 is 1.36 bits per heavy atom. The van der Waals surface area contributed by atoms with Gasteiger partial charge in [-0.3, -0.25) is 4.98 Å². The third-order valence-corrected chi connectivity index (χ3v) is 3.10. The van der Waals surface area contributed by atoms with E-state index in [0.29, 0.717) is 6.54 Å². The zero-order valence-electron chi connectivity index (χ0n) is 8.03. The second kappa shape index (κ2) is 3.90. The van der Waals surface area contributed by atoms with Crippen LogP contribution < -0.4 is 5.73 Å². The van der Waals surface area contributed by atoms with Crippen LogP contribution in [-0.4, -0.2) is 4.98 Å². The van der Waals surface area contributed by atoms with E-state index in [2.05, 4.69) is 22.5 Å². The Hall–Kier alpha value is -1.19. The molecule has 0 radical (unpaired) electrons. The molecule has 0 aliphatic heterocycles. The Bertz CT molecular complexity index is 417. The summed E-state index contributed by atoms with van der Waals surface area (Å²) in [5, 5.41) is 2.07. The van der Waals surface area contributed by atoms with E-state index < -0.39 is 0 Å². The highest BCUT2D eigenvalue weighted by Crippen LogP contribution is 2.27. The number of hydrogen-bond acceptors (Lipinski definition) is 3. The lowest BCUT2D eigenvalue weighted by Crippen LogP contribution is -1.94. The van der Waals surface area contributed by atoms with Crippen LogP contribution in [0.2, 0.25) is 0 Å². The molecular formula is C11H12N2S. The summed E-state index contributed by atoms with van der Waals surface area (Å²) in [6.07, 6.45) is 1.90. The van der Waals surface area contributed by atoms with Gasteiger partial charge in [-0.05, 0) is 30.0 Å². The maximum absolute atomic E-state index is 5.65. The van der Waals surface area contributed by atoms with E-state index in [4.69, 9.17) is 5.73 Å². The number of aromatic nitrogens is 1. The van der Waals surface area contributed by atoms with Crippen LogP contribution in [0.25, 0.3) is 11.1 Å². The lowest BCUT2D eigenvalue weighted by molar-refractivity contribution is 1.11. The second-order valence-electron chi connectivity index (χ2n) is 3.15. The van der Waals surface area contributed by atoms with Crippen LogP contribution in [0.15, 0.2) is 29.8 Å². The van der Waals surface area contributed by atoms with E-state index >= 15 is 0 Å². The maximum atomic E-state index is 5.65. The predicted octanol–water partition coefficient (Wildman–Crippen LogP) is 2.58. The quantitative estimate of drug-likeness (QED) is 0.816. The smallest absolute Gasteiger partial charge is 0.0373 e. The van der Waals surface area contributed by atoms with Crippen molar-refractivity contribution < 1.29 is 0 Å². The highest BCUT2D eigenvalue weighted by molar-refractivity contribution is 7.10. The van der Waals surface area contributed by atoms with Crippen molar-refractivity contribution in [2.75, 3.05) is 0 Å². The summed E-state index contributed by atoms with van der Waals surface area (Å²) < 4.78 is 0. The average Bonchev–Trinajstić information content (AvgIpc) is 2.67. The van der Waals surface area contributed by atoms with Gasteiger partial charge in [-0.2, -0.15) is 0 Å². The maximum Gasteiger partial charge on any atom is 0.0373 e. The van der Waals surface area contributed by atoms with Crippen molar-refractivity contribution in [2.45, 2.75) is 13.5 Å². The molecule has 0 unspecified atom stereocenters. The molecule has 0 aliphatic rings. The van der Waals surface area contributed by atoms with E-state index in [1.54, 1.807) is 11.3 Å². The van der Waals surface area contributed by atoms with Crippen LogP contribution in [0.1, 0.15) is 10.6 Å². The van der Waals surface area contributed by atoms with Crippen LogP contribution in [-0.2, 0) is 6.54 Å². The van der Waals surface area contributed by atoms with Crippen molar-refractivity contribution in [2.24, 2.45) is 5.73 Å². The molecule has 0 spiro atoms. The van der Waals surface area contributed by atoms with Gasteiger partial charge >= 0.3 is 0 Å². The topological polar surface area (TPSA) is 38.9 Å². The van der Waals surface area contributed by atoms with Gasteiger partial charge in [-0.1, -0.05) is 6.07 Å². The molecule has 3 heteroatoms. The molecule has 14 heavy (non-hydrogen) atoms. The van der Waals surface area contributed by atoms with Gasteiger partial charge in [-0.15, -0.1) is 11.3 Å². The second-order valence-corrected chi connectivity index (χ2v) is 4.15. The van der Waals surface area contributed by atoms with Crippen molar-refractivity contribution >= 4 is 11.3 Å². The Morgan fingerprint density at radius 3 is 2.86 bits per heavy atom. The fourth-order valence-corrected chi connectivity index (χ4v) is 2.16. The summed E-state index contributed by atoms with van der Waals surface area (Å²) >= 11 is 1.70. The molecule has 0 bridgehead atoms. The number of rotatable bonds is 2. The summed E-state index contributed by atoms with van der Waals surface area (Å²) in [5.41, 5.74) is 9.06. The Kier molecular flexibility index (Phi) is 2.61. The summed E-state index contributed by atoms with van der Waals surface area (Å²) in [6.45, 7) is 2.59. The molecule has 2 aromatic rings. The van der Waals surface area contributed by atoms with E-state index in [9.17, 15) is 0 Å². The molecule has 0 amide bonds. The summed E-state index contributed by atoms with van der Waals surface area (Å²) in [6, 6.07) is 6.20. The first-order valence-corrected chi connectivity index (χ1v) is 5.38.